The molecule has 1 saturated heterocycles. The van der Waals surface area contributed by atoms with Gasteiger partial charge in [-0.15, -0.1) is 0 Å². The van der Waals surface area contributed by atoms with E-state index in [1.807, 2.05) is 18.7 Å². The van der Waals surface area contributed by atoms with Crippen molar-refractivity contribution < 1.29 is 27.1 Å². The first-order chi connectivity index (χ1) is 19.2. The van der Waals surface area contributed by atoms with Gasteiger partial charge in [0.1, 0.15) is 29.4 Å². The second-order valence-electron chi connectivity index (χ2n) is 11.2. The molecular weight excluding hydrogens is 540 g/mol. The van der Waals surface area contributed by atoms with E-state index >= 15 is 4.39 Å². The topological polar surface area (TPSA) is 76.4 Å². The zero-order valence-electron chi connectivity index (χ0n) is 23.3. The van der Waals surface area contributed by atoms with Gasteiger partial charge in [-0.2, -0.15) is 13.2 Å². The number of amides is 1. The summed E-state index contributed by atoms with van der Waals surface area (Å²) < 4.78 is 62.7. The Balaban J connectivity index is 1.65. The van der Waals surface area contributed by atoms with Crippen LogP contribution in [-0.2, 0) is 10.9 Å². The molecule has 3 aromatic heterocycles. The van der Waals surface area contributed by atoms with Crippen molar-refractivity contribution in [2.24, 2.45) is 0 Å². The van der Waals surface area contributed by atoms with Gasteiger partial charge in [0.2, 0.25) is 0 Å². The van der Waals surface area contributed by atoms with Crippen LogP contribution in [0.2, 0.25) is 0 Å². The maximum absolute atomic E-state index is 15.1. The second kappa shape index (κ2) is 10.3. The molecule has 0 saturated carbocycles. The van der Waals surface area contributed by atoms with Crippen molar-refractivity contribution in [2.45, 2.75) is 58.5 Å². The smallest absolute Gasteiger partial charge is 0.416 e. The standard InChI is InChI=1S/C29H30F4N6O2/c1-17-14-38(27(40)41-28(3,4)5)18(2)13-37(17)25-24-21(20-8-6-7-9-22(20)30)15-39(26(24)36-16-35-25)23-12-19(10-11-34-23)29(31,32)33/h6-12,15-18H,13-14H2,1-5H3/t17-,18+/m0/s1. The average Bonchev–Trinajstić information content (AvgIpc) is 3.28. The Labute approximate surface area is 234 Å². The molecule has 12 heteroatoms. The minimum Gasteiger partial charge on any atom is -0.444 e. The van der Waals surface area contributed by atoms with Crippen LogP contribution in [-0.4, -0.2) is 61.3 Å². The highest BCUT2D eigenvalue weighted by molar-refractivity contribution is 6.02. The fourth-order valence-corrected chi connectivity index (χ4v) is 5.05. The normalized spacial score (nSPS) is 18.2. The molecule has 0 N–H and O–H groups in total. The van der Waals surface area contributed by atoms with Crippen LogP contribution in [0.4, 0.5) is 28.2 Å². The lowest BCUT2D eigenvalue weighted by molar-refractivity contribution is -0.137. The van der Waals surface area contributed by atoms with Gasteiger partial charge in [-0.25, -0.2) is 24.1 Å². The van der Waals surface area contributed by atoms with Gasteiger partial charge in [-0.05, 0) is 52.8 Å². The summed E-state index contributed by atoms with van der Waals surface area (Å²) in [5.74, 6) is -0.0510. The largest absolute Gasteiger partial charge is 0.444 e. The van der Waals surface area contributed by atoms with Crippen LogP contribution >= 0.6 is 0 Å². The Hall–Kier alpha value is -4.22. The Morgan fingerprint density at radius 2 is 1.71 bits per heavy atom. The number of fused-ring (bicyclic) bond motifs is 1. The highest BCUT2D eigenvalue weighted by Gasteiger charge is 2.37. The van der Waals surface area contributed by atoms with Crippen molar-refractivity contribution in [3.63, 3.8) is 0 Å². The van der Waals surface area contributed by atoms with Crippen LogP contribution < -0.4 is 4.90 Å². The quantitative estimate of drug-likeness (QED) is 0.263. The number of pyridine rings is 1. The van der Waals surface area contributed by atoms with E-state index in [2.05, 4.69) is 15.0 Å². The molecule has 2 atom stereocenters. The van der Waals surface area contributed by atoms with E-state index < -0.39 is 29.3 Å². The number of ether oxygens (including phenoxy) is 1. The number of carbonyl (C=O) groups is 1. The zero-order valence-corrected chi connectivity index (χ0v) is 23.3. The number of hydrogen-bond donors (Lipinski definition) is 0. The molecule has 8 nitrogen and oxygen atoms in total. The maximum Gasteiger partial charge on any atom is 0.416 e. The zero-order chi connectivity index (χ0) is 29.7. The number of aromatic nitrogens is 4. The van der Waals surface area contributed by atoms with Gasteiger partial charge in [-0.3, -0.25) is 4.57 Å². The molecule has 1 aliphatic rings. The van der Waals surface area contributed by atoms with Gasteiger partial charge in [0.25, 0.3) is 0 Å². The number of anilines is 1. The Morgan fingerprint density at radius 1 is 0.976 bits per heavy atom. The summed E-state index contributed by atoms with van der Waals surface area (Å²) in [5.41, 5.74) is -0.596. The number of carbonyl (C=O) groups excluding carboxylic acids is 1. The van der Waals surface area contributed by atoms with Crippen LogP contribution in [0.5, 0.6) is 0 Å². The number of rotatable bonds is 3. The molecule has 1 fully saturated rings. The van der Waals surface area contributed by atoms with Crippen molar-refractivity contribution >= 4 is 22.9 Å². The summed E-state index contributed by atoms with van der Waals surface area (Å²) >= 11 is 0. The fourth-order valence-electron chi connectivity index (χ4n) is 5.05. The van der Waals surface area contributed by atoms with Crippen LogP contribution in [0, 0.1) is 5.82 Å². The lowest BCUT2D eigenvalue weighted by Gasteiger charge is -2.44. The second-order valence-corrected chi connectivity index (χ2v) is 11.2. The van der Waals surface area contributed by atoms with Crippen molar-refractivity contribution in [2.75, 3.05) is 18.0 Å². The van der Waals surface area contributed by atoms with Crippen LogP contribution in [0.25, 0.3) is 28.0 Å². The van der Waals surface area contributed by atoms with Gasteiger partial charge >= 0.3 is 12.3 Å². The summed E-state index contributed by atoms with van der Waals surface area (Å²) in [4.78, 5) is 29.7. The minimum absolute atomic E-state index is 0.0202. The first kappa shape index (κ1) is 28.3. The molecule has 1 aromatic carbocycles. The molecule has 0 aliphatic carbocycles. The van der Waals surface area contributed by atoms with E-state index in [0.717, 1.165) is 18.3 Å². The molecule has 4 heterocycles. The van der Waals surface area contributed by atoms with Crippen molar-refractivity contribution in [1.82, 2.24) is 24.4 Å². The molecule has 5 rings (SSSR count). The Kier molecular flexibility index (Phi) is 7.12. The lowest BCUT2D eigenvalue weighted by atomic mass is 10.0. The van der Waals surface area contributed by atoms with Crippen molar-refractivity contribution in [3.05, 3.63) is 66.5 Å². The van der Waals surface area contributed by atoms with Crippen molar-refractivity contribution in [3.8, 4) is 16.9 Å². The van der Waals surface area contributed by atoms with E-state index in [0.29, 0.717) is 29.9 Å². The van der Waals surface area contributed by atoms with Crippen molar-refractivity contribution in [1.29, 1.82) is 0 Å². The molecular formula is C29H30F4N6O2. The summed E-state index contributed by atoms with van der Waals surface area (Å²) in [6, 6.07) is 7.49. The van der Waals surface area contributed by atoms with E-state index in [1.165, 1.54) is 23.2 Å². The summed E-state index contributed by atoms with van der Waals surface area (Å²) in [6.07, 6.45) is -1.05. The van der Waals surface area contributed by atoms with E-state index in [-0.39, 0.29) is 29.1 Å². The van der Waals surface area contributed by atoms with Crippen LogP contribution in [0.3, 0.4) is 0 Å². The predicted molar refractivity (Wildman–Crippen MR) is 146 cm³/mol. The molecule has 4 aromatic rings. The third kappa shape index (κ3) is 5.55. The number of benzene rings is 1. The molecule has 1 amide bonds. The number of hydrogen-bond acceptors (Lipinski definition) is 6. The van der Waals surface area contributed by atoms with E-state index in [4.69, 9.17) is 4.74 Å². The lowest BCUT2D eigenvalue weighted by Crippen LogP contribution is -2.59. The number of piperazine rings is 1. The first-order valence-corrected chi connectivity index (χ1v) is 13.2. The first-order valence-electron chi connectivity index (χ1n) is 13.2. The Morgan fingerprint density at radius 3 is 2.39 bits per heavy atom. The highest BCUT2D eigenvalue weighted by atomic mass is 19.4. The molecule has 0 bridgehead atoms. The van der Waals surface area contributed by atoms with Gasteiger partial charge in [0.15, 0.2) is 5.65 Å². The monoisotopic (exact) mass is 570 g/mol. The molecule has 1 aliphatic heterocycles. The Bertz CT molecular complexity index is 1600. The minimum atomic E-state index is -4.57. The number of halogens is 4. The molecule has 41 heavy (non-hydrogen) atoms. The molecule has 216 valence electrons. The van der Waals surface area contributed by atoms with Crippen LogP contribution in [0.15, 0.2) is 55.1 Å². The summed E-state index contributed by atoms with van der Waals surface area (Å²) in [6.45, 7) is 9.98. The average molecular weight is 571 g/mol. The number of nitrogens with zero attached hydrogens (tertiary/aromatic N) is 6. The van der Waals surface area contributed by atoms with Gasteiger partial charge < -0.3 is 14.5 Å². The highest BCUT2D eigenvalue weighted by Crippen LogP contribution is 2.39. The summed E-state index contributed by atoms with van der Waals surface area (Å²) in [5, 5.41) is 0.460. The van der Waals surface area contributed by atoms with Gasteiger partial charge in [0, 0.05) is 48.7 Å². The third-order valence-electron chi connectivity index (χ3n) is 6.93. The van der Waals surface area contributed by atoms with E-state index in [1.54, 1.807) is 43.9 Å². The number of alkyl halides is 3. The summed E-state index contributed by atoms with van der Waals surface area (Å²) in [7, 11) is 0. The molecule has 0 spiro atoms. The van der Waals surface area contributed by atoms with Gasteiger partial charge in [-0.1, -0.05) is 18.2 Å². The SMILES string of the molecule is C[C@@H]1CN(c2ncnc3c2c(-c2ccccc2F)cn3-c2cc(C(F)(F)F)ccn2)[C@@H](C)CN1C(=O)OC(C)(C)C. The maximum atomic E-state index is 15.1. The van der Waals surface area contributed by atoms with Crippen LogP contribution in [0.1, 0.15) is 40.2 Å². The molecule has 0 unspecified atom stereocenters. The van der Waals surface area contributed by atoms with Gasteiger partial charge in [0.05, 0.1) is 10.9 Å². The fraction of sp³-hybridized carbons (Fsp3) is 0.379. The predicted octanol–water partition coefficient (Wildman–Crippen LogP) is 6.47. The van der Waals surface area contributed by atoms with E-state index in [9.17, 15) is 18.0 Å². The third-order valence-corrected chi connectivity index (χ3v) is 6.93. The molecule has 0 radical (unpaired) electrons.